The van der Waals surface area contributed by atoms with E-state index >= 15 is 0 Å². The minimum Gasteiger partial charge on any atom is -0.481 e. The van der Waals surface area contributed by atoms with Crippen LogP contribution in [0.4, 0.5) is 13.2 Å². The van der Waals surface area contributed by atoms with E-state index in [0.717, 1.165) is 37.5 Å². The molecule has 5 rings (SSSR count). The quantitative estimate of drug-likeness (QED) is 0.325. The van der Waals surface area contributed by atoms with Gasteiger partial charge in [0.15, 0.2) is 0 Å². The van der Waals surface area contributed by atoms with E-state index in [1.54, 1.807) is 5.32 Å². The summed E-state index contributed by atoms with van der Waals surface area (Å²) in [6, 6.07) is -2.45. The van der Waals surface area contributed by atoms with E-state index in [1.165, 1.54) is 32.0 Å². The molecule has 3 N–H and O–H groups in total. The number of carboxylic acid groups (broad SMARTS) is 1. The number of aromatic nitrogens is 1. The van der Waals surface area contributed by atoms with Crippen molar-refractivity contribution in [1.29, 1.82) is 0 Å². The van der Waals surface area contributed by atoms with Gasteiger partial charge in [-0.15, -0.1) is 11.8 Å². The first-order valence-electron chi connectivity index (χ1n) is 13.3. The van der Waals surface area contributed by atoms with Gasteiger partial charge in [-0.25, -0.2) is 0 Å². The number of amides is 2. The second-order valence-corrected chi connectivity index (χ2v) is 13.7. The van der Waals surface area contributed by atoms with Crippen LogP contribution in [0.25, 0.3) is 0 Å². The van der Waals surface area contributed by atoms with Crippen molar-refractivity contribution in [3.63, 3.8) is 0 Å². The van der Waals surface area contributed by atoms with E-state index in [2.05, 4.69) is 10.5 Å². The molecule has 0 spiro atoms. The van der Waals surface area contributed by atoms with E-state index in [9.17, 15) is 27.6 Å². The summed E-state index contributed by atoms with van der Waals surface area (Å²) in [5.74, 6) is -0.672. The molecule has 4 aliphatic carbocycles. The zero-order valence-electron chi connectivity index (χ0n) is 22.5. The molecule has 13 heteroatoms. The summed E-state index contributed by atoms with van der Waals surface area (Å²) in [5.41, 5.74) is -1.48. The molecule has 4 bridgehead atoms. The number of carbonyl (C=O) groups is 3. The van der Waals surface area contributed by atoms with E-state index in [0.29, 0.717) is 16.7 Å². The Balaban J connectivity index is 1.44. The van der Waals surface area contributed by atoms with Crippen LogP contribution in [0.3, 0.4) is 0 Å². The fourth-order valence-electron chi connectivity index (χ4n) is 6.31. The standard InChI is InChI=1S/C26H36F3N3O6S/c1-12(2)39-21-20(22(35)31-19-15-6-13-5-14(8-15)9-16(19)7-13)38-32-23(21)37-11-25(3,4)24(36)30-17(10-18(33)34)26(27,28)29/h12-17,19H,5-11H2,1-4H3,(H,30,36)(H,31,35)(H,33,34). The van der Waals surface area contributed by atoms with Crippen molar-refractivity contribution in [3.8, 4) is 5.88 Å². The third-order valence-corrected chi connectivity index (χ3v) is 9.04. The Hall–Kier alpha value is -2.44. The van der Waals surface area contributed by atoms with Crippen molar-refractivity contribution in [2.45, 2.75) is 94.6 Å². The van der Waals surface area contributed by atoms with Crippen LogP contribution in [-0.2, 0) is 9.59 Å². The van der Waals surface area contributed by atoms with Crippen LogP contribution >= 0.6 is 11.8 Å². The van der Waals surface area contributed by atoms with Gasteiger partial charge in [0.1, 0.15) is 17.5 Å². The number of carbonyl (C=O) groups excluding carboxylic acids is 2. The van der Waals surface area contributed by atoms with Gasteiger partial charge in [0, 0.05) is 11.3 Å². The number of aliphatic carboxylic acids is 1. The van der Waals surface area contributed by atoms with Gasteiger partial charge < -0.3 is 25.0 Å². The third kappa shape index (κ3) is 6.83. The molecule has 0 radical (unpaired) electrons. The van der Waals surface area contributed by atoms with Crippen LogP contribution in [0.5, 0.6) is 5.88 Å². The number of hydrogen-bond donors (Lipinski definition) is 3. The van der Waals surface area contributed by atoms with Gasteiger partial charge in [0.05, 0.1) is 11.8 Å². The molecular formula is C26H36F3N3O6S. The maximum absolute atomic E-state index is 13.3. The predicted octanol–water partition coefficient (Wildman–Crippen LogP) is 4.66. The minimum atomic E-state index is -4.93. The lowest BCUT2D eigenvalue weighted by molar-refractivity contribution is -0.172. The first kappa shape index (κ1) is 29.5. The molecule has 1 heterocycles. The monoisotopic (exact) mass is 575 g/mol. The molecule has 0 aromatic carbocycles. The van der Waals surface area contributed by atoms with Crippen molar-refractivity contribution in [2.24, 2.45) is 29.1 Å². The van der Waals surface area contributed by atoms with Crippen LogP contribution in [0, 0.1) is 29.1 Å². The summed E-state index contributed by atoms with van der Waals surface area (Å²) in [7, 11) is 0. The van der Waals surface area contributed by atoms with Crippen molar-refractivity contribution in [3.05, 3.63) is 5.76 Å². The van der Waals surface area contributed by atoms with Crippen LogP contribution < -0.4 is 15.4 Å². The largest absolute Gasteiger partial charge is 0.481 e. The highest BCUT2D eigenvalue weighted by atomic mass is 32.2. The molecule has 1 aromatic rings. The van der Waals surface area contributed by atoms with Crippen molar-refractivity contribution < 1.29 is 41.9 Å². The van der Waals surface area contributed by atoms with E-state index in [4.69, 9.17) is 14.4 Å². The number of alkyl halides is 3. The molecular weight excluding hydrogens is 539 g/mol. The second-order valence-electron chi connectivity index (χ2n) is 12.1. The highest BCUT2D eigenvalue weighted by Gasteiger charge is 2.49. The van der Waals surface area contributed by atoms with Crippen molar-refractivity contribution in [2.75, 3.05) is 6.61 Å². The van der Waals surface area contributed by atoms with Gasteiger partial charge in [-0.1, -0.05) is 13.8 Å². The molecule has 1 atom stereocenters. The average Bonchev–Trinajstić information content (AvgIpc) is 3.20. The van der Waals surface area contributed by atoms with Gasteiger partial charge in [-0.2, -0.15) is 13.2 Å². The summed E-state index contributed by atoms with van der Waals surface area (Å²) in [6.07, 6.45) is -0.393. The number of hydrogen-bond acceptors (Lipinski definition) is 7. The Morgan fingerprint density at radius 1 is 1.10 bits per heavy atom. The Morgan fingerprint density at radius 3 is 2.21 bits per heavy atom. The first-order valence-corrected chi connectivity index (χ1v) is 14.2. The summed E-state index contributed by atoms with van der Waals surface area (Å²) in [4.78, 5) is 37.2. The predicted molar refractivity (Wildman–Crippen MR) is 135 cm³/mol. The SMILES string of the molecule is CC(C)Sc1c(OCC(C)(C)C(=O)NC(CC(=O)O)C(F)(F)F)noc1C(=O)NC1C2CC3CC(C2)CC1C3. The van der Waals surface area contributed by atoms with Crippen LogP contribution in [0.1, 0.15) is 76.8 Å². The average molecular weight is 576 g/mol. The number of nitrogens with one attached hydrogen (secondary N) is 2. The highest BCUT2D eigenvalue weighted by Crippen LogP contribution is 2.53. The van der Waals surface area contributed by atoms with Crippen LogP contribution in [-0.4, -0.2) is 58.2 Å². The van der Waals surface area contributed by atoms with Crippen molar-refractivity contribution in [1.82, 2.24) is 15.8 Å². The number of rotatable bonds is 11. The normalized spacial score (nSPS) is 26.9. The summed E-state index contributed by atoms with van der Waals surface area (Å²) >= 11 is 1.30. The lowest BCUT2D eigenvalue weighted by atomic mass is 9.54. The topological polar surface area (TPSA) is 131 Å². The molecule has 0 saturated heterocycles. The Morgan fingerprint density at radius 2 is 1.69 bits per heavy atom. The summed E-state index contributed by atoms with van der Waals surface area (Å²) in [6.45, 7) is 6.18. The van der Waals surface area contributed by atoms with E-state index in [-0.39, 0.29) is 35.4 Å². The number of halogens is 3. The Kier molecular flexibility index (Phi) is 8.49. The van der Waals surface area contributed by atoms with Gasteiger partial charge in [-0.3, -0.25) is 14.4 Å². The lowest BCUT2D eigenvalue weighted by Gasteiger charge is -2.54. The van der Waals surface area contributed by atoms with Gasteiger partial charge in [0.25, 0.3) is 11.8 Å². The molecule has 9 nitrogen and oxygen atoms in total. The molecule has 2 amide bonds. The van der Waals surface area contributed by atoms with Crippen LogP contribution in [0.15, 0.2) is 9.42 Å². The Labute approximate surface area is 229 Å². The smallest absolute Gasteiger partial charge is 0.409 e. The number of carboxylic acids is 1. The molecule has 4 saturated carbocycles. The van der Waals surface area contributed by atoms with Crippen LogP contribution in [0.2, 0.25) is 0 Å². The molecule has 1 aromatic heterocycles. The zero-order chi connectivity index (χ0) is 28.7. The molecule has 0 aliphatic heterocycles. The van der Waals surface area contributed by atoms with Gasteiger partial charge in [-0.05, 0) is 74.8 Å². The van der Waals surface area contributed by atoms with E-state index < -0.39 is 35.9 Å². The third-order valence-electron chi connectivity index (χ3n) is 7.97. The van der Waals surface area contributed by atoms with Crippen molar-refractivity contribution >= 4 is 29.5 Å². The first-order chi connectivity index (χ1) is 18.1. The summed E-state index contributed by atoms with van der Waals surface area (Å²) in [5, 5.41) is 17.7. The molecule has 1 unspecified atom stereocenters. The molecule has 218 valence electrons. The lowest BCUT2D eigenvalue weighted by Crippen LogP contribution is -2.55. The summed E-state index contributed by atoms with van der Waals surface area (Å²) < 4.78 is 50.8. The fourth-order valence-corrected chi connectivity index (χ4v) is 7.22. The molecule has 4 fully saturated rings. The molecule has 4 aliphatic rings. The maximum Gasteiger partial charge on any atom is 0.409 e. The van der Waals surface area contributed by atoms with Gasteiger partial charge >= 0.3 is 12.1 Å². The fraction of sp³-hybridized carbons (Fsp3) is 0.769. The number of ether oxygens (including phenoxy) is 1. The number of thioether (sulfide) groups is 1. The zero-order valence-corrected chi connectivity index (χ0v) is 23.3. The number of nitrogens with zero attached hydrogens (tertiary/aromatic N) is 1. The second kappa shape index (κ2) is 11.2. The maximum atomic E-state index is 13.3. The molecule has 39 heavy (non-hydrogen) atoms. The van der Waals surface area contributed by atoms with Gasteiger partial charge in [0.2, 0.25) is 11.7 Å². The van der Waals surface area contributed by atoms with E-state index in [1.807, 2.05) is 13.8 Å². The Bertz CT molecular complexity index is 1060. The highest BCUT2D eigenvalue weighted by molar-refractivity contribution is 8.00. The minimum absolute atomic E-state index is 0.0124.